The maximum Gasteiger partial charge on any atom is 0.136 e. The van der Waals surface area contributed by atoms with Gasteiger partial charge in [0.2, 0.25) is 0 Å². The van der Waals surface area contributed by atoms with Gasteiger partial charge in [-0.15, -0.1) is 0 Å². The monoisotopic (exact) mass is 293 g/mol. The Morgan fingerprint density at radius 2 is 1.71 bits per heavy atom. The number of ketones is 1. The van der Waals surface area contributed by atoms with Crippen molar-refractivity contribution in [3.05, 3.63) is 0 Å². The molecule has 1 saturated heterocycles. The van der Waals surface area contributed by atoms with E-state index in [1.54, 1.807) is 0 Å². The van der Waals surface area contributed by atoms with Crippen LogP contribution in [0, 0.1) is 11.3 Å². The second kappa shape index (κ2) is 6.37. The minimum atomic E-state index is 0.0566. The number of ether oxygens (including phenoxy) is 1. The molecule has 3 heteroatoms. The number of Topliss-reactive ketones (excluding diaryl/α,β-unsaturated/α-hetero) is 1. The molecule has 120 valence electrons. The third-order valence-corrected chi connectivity index (χ3v) is 6.36. The molecule has 2 saturated carbocycles. The van der Waals surface area contributed by atoms with Crippen LogP contribution in [0.5, 0.6) is 0 Å². The van der Waals surface area contributed by atoms with Crippen molar-refractivity contribution in [2.45, 2.75) is 82.7 Å². The second-order valence-corrected chi connectivity index (χ2v) is 7.84. The summed E-state index contributed by atoms with van der Waals surface area (Å²) in [6.45, 7) is 1.47. The van der Waals surface area contributed by atoms with E-state index in [1.165, 1.54) is 44.9 Å². The minimum absolute atomic E-state index is 0.0566. The molecule has 21 heavy (non-hydrogen) atoms. The molecule has 3 fully saturated rings. The summed E-state index contributed by atoms with van der Waals surface area (Å²) in [4.78, 5) is 12.9. The van der Waals surface area contributed by atoms with Crippen LogP contribution < -0.4 is 5.73 Å². The molecule has 0 radical (unpaired) electrons. The molecule has 3 rings (SSSR count). The first-order valence-electron chi connectivity index (χ1n) is 9.04. The lowest BCUT2D eigenvalue weighted by molar-refractivity contribution is -0.138. The van der Waals surface area contributed by atoms with E-state index in [9.17, 15) is 4.79 Å². The first-order valence-corrected chi connectivity index (χ1v) is 9.04. The fourth-order valence-electron chi connectivity index (χ4n) is 4.94. The highest BCUT2D eigenvalue weighted by Crippen LogP contribution is 2.44. The lowest BCUT2D eigenvalue weighted by atomic mass is 9.68. The van der Waals surface area contributed by atoms with Crippen LogP contribution in [0.25, 0.3) is 0 Å². The fourth-order valence-corrected chi connectivity index (χ4v) is 4.94. The summed E-state index contributed by atoms with van der Waals surface area (Å²) < 4.78 is 6.07. The average molecular weight is 293 g/mol. The largest absolute Gasteiger partial charge is 0.375 e. The van der Waals surface area contributed by atoms with Crippen molar-refractivity contribution in [3.63, 3.8) is 0 Å². The topological polar surface area (TPSA) is 52.3 Å². The lowest BCUT2D eigenvalue weighted by Gasteiger charge is -2.40. The standard InChI is InChI=1S/C18H31NO2/c19-14-17(7-2-1-3-8-17)13-16(20)15-6-11-21-18(12-15)9-4-5-10-18/h15H,1-14,19H2. The maximum atomic E-state index is 12.9. The van der Waals surface area contributed by atoms with Crippen LogP contribution in [0.4, 0.5) is 0 Å². The van der Waals surface area contributed by atoms with E-state index in [1.807, 2.05) is 0 Å². The summed E-state index contributed by atoms with van der Waals surface area (Å²) in [5, 5.41) is 0. The van der Waals surface area contributed by atoms with Crippen molar-refractivity contribution in [3.8, 4) is 0 Å². The molecule has 3 aliphatic rings. The molecule has 1 aliphatic heterocycles. The fraction of sp³-hybridized carbons (Fsp3) is 0.944. The third kappa shape index (κ3) is 3.34. The van der Waals surface area contributed by atoms with E-state index in [2.05, 4.69) is 0 Å². The Labute approximate surface area is 129 Å². The molecule has 1 spiro atoms. The van der Waals surface area contributed by atoms with Gasteiger partial charge < -0.3 is 10.5 Å². The smallest absolute Gasteiger partial charge is 0.136 e. The third-order valence-electron chi connectivity index (χ3n) is 6.36. The highest BCUT2D eigenvalue weighted by Gasteiger charge is 2.43. The summed E-state index contributed by atoms with van der Waals surface area (Å²) in [6.07, 6.45) is 13.6. The van der Waals surface area contributed by atoms with E-state index < -0.39 is 0 Å². The zero-order valence-electron chi connectivity index (χ0n) is 13.4. The molecule has 0 amide bonds. The van der Waals surface area contributed by atoms with E-state index in [4.69, 9.17) is 10.5 Å². The summed E-state index contributed by atoms with van der Waals surface area (Å²) in [5.74, 6) is 0.721. The summed E-state index contributed by atoms with van der Waals surface area (Å²) in [7, 11) is 0. The Morgan fingerprint density at radius 3 is 2.38 bits per heavy atom. The molecule has 0 aromatic heterocycles. The molecule has 0 bridgehead atoms. The predicted molar refractivity (Wildman–Crippen MR) is 84.1 cm³/mol. The van der Waals surface area contributed by atoms with Crippen molar-refractivity contribution < 1.29 is 9.53 Å². The van der Waals surface area contributed by atoms with Crippen LogP contribution in [0.15, 0.2) is 0 Å². The van der Waals surface area contributed by atoms with Gasteiger partial charge in [-0.2, -0.15) is 0 Å². The molecule has 1 heterocycles. The SMILES string of the molecule is NCC1(CC(=O)C2CCOC3(CCCC3)C2)CCCCC1. The van der Waals surface area contributed by atoms with Crippen LogP contribution in [0.1, 0.15) is 77.0 Å². The minimum Gasteiger partial charge on any atom is -0.375 e. The van der Waals surface area contributed by atoms with Crippen LogP contribution >= 0.6 is 0 Å². The lowest BCUT2D eigenvalue weighted by Crippen LogP contribution is -2.42. The Morgan fingerprint density at radius 1 is 1.05 bits per heavy atom. The molecule has 1 unspecified atom stereocenters. The predicted octanol–water partition coefficient (Wildman–Crippen LogP) is 3.59. The van der Waals surface area contributed by atoms with Crippen molar-refractivity contribution in [1.29, 1.82) is 0 Å². The molecule has 1 atom stereocenters. The van der Waals surface area contributed by atoms with Crippen LogP contribution in [0.2, 0.25) is 0 Å². The van der Waals surface area contributed by atoms with Gasteiger partial charge in [-0.25, -0.2) is 0 Å². The van der Waals surface area contributed by atoms with Crippen molar-refractivity contribution in [2.75, 3.05) is 13.2 Å². The first kappa shape index (κ1) is 15.5. The van der Waals surface area contributed by atoms with Gasteiger partial charge >= 0.3 is 0 Å². The van der Waals surface area contributed by atoms with Crippen LogP contribution in [0.3, 0.4) is 0 Å². The molecule has 2 aliphatic carbocycles. The first-order chi connectivity index (χ1) is 10.2. The normalized spacial score (nSPS) is 31.4. The number of rotatable bonds is 4. The van der Waals surface area contributed by atoms with Gasteiger partial charge in [-0.1, -0.05) is 32.1 Å². The molecule has 2 N–H and O–H groups in total. The summed E-state index contributed by atoms with van der Waals surface area (Å²) in [6, 6.07) is 0. The van der Waals surface area contributed by atoms with E-state index >= 15 is 0 Å². The molecule has 0 aromatic rings. The van der Waals surface area contributed by atoms with Gasteiger partial charge in [-0.05, 0) is 50.5 Å². The van der Waals surface area contributed by atoms with Gasteiger partial charge in [-0.3, -0.25) is 4.79 Å². The van der Waals surface area contributed by atoms with Crippen LogP contribution in [-0.2, 0) is 9.53 Å². The number of hydrogen-bond donors (Lipinski definition) is 1. The van der Waals surface area contributed by atoms with Gasteiger partial charge in [0.05, 0.1) is 5.60 Å². The molecular weight excluding hydrogens is 262 g/mol. The van der Waals surface area contributed by atoms with Crippen molar-refractivity contribution in [2.24, 2.45) is 17.1 Å². The quantitative estimate of drug-likeness (QED) is 0.861. The summed E-state index contributed by atoms with van der Waals surface area (Å²) in [5.41, 5.74) is 6.23. The zero-order valence-corrected chi connectivity index (χ0v) is 13.4. The highest BCUT2D eigenvalue weighted by molar-refractivity contribution is 5.82. The number of nitrogens with two attached hydrogens (primary N) is 1. The van der Waals surface area contributed by atoms with Gasteiger partial charge in [0.15, 0.2) is 0 Å². The van der Waals surface area contributed by atoms with Gasteiger partial charge in [0, 0.05) is 18.9 Å². The maximum absolute atomic E-state index is 12.9. The van der Waals surface area contributed by atoms with Crippen LogP contribution in [-0.4, -0.2) is 24.5 Å². The highest BCUT2D eigenvalue weighted by atomic mass is 16.5. The summed E-state index contributed by atoms with van der Waals surface area (Å²) >= 11 is 0. The van der Waals surface area contributed by atoms with Gasteiger partial charge in [0.1, 0.15) is 5.78 Å². The number of carbonyl (C=O) groups excluding carboxylic acids is 1. The van der Waals surface area contributed by atoms with E-state index in [0.717, 1.165) is 38.7 Å². The number of hydrogen-bond acceptors (Lipinski definition) is 3. The van der Waals surface area contributed by atoms with E-state index in [0.29, 0.717) is 12.3 Å². The van der Waals surface area contributed by atoms with Crippen molar-refractivity contribution in [1.82, 2.24) is 0 Å². The van der Waals surface area contributed by atoms with E-state index in [-0.39, 0.29) is 16.9 Å². The molecule has 0 aromatic carbocycles. The Kier molecular flexibility index (Phi) is 4.70. The molecular formula is C18H31NO2. The zero-order chi connectivity index (χ0) is 14.8. The van der Waals surface area contributed by atoms with Crippen molar-refractivity contribution >= 4 is 5.78 Å². The Hall–Kier alpha value is -0.410. The number of carbonyl (C=O) groups is 1. The second-order valence-electron chi connectivity index (χ2n) is 7.84. The Bertz CT molecular complexity index is 367. The molecule has 3 nitrogen and oxygen atoms in total. The van der Waals surface area contributed by atoms with Gasteiger partial charge in [0.25, 0.3) is 0 Å². The Balaban J connectivity index is 1.61. The average Bonchev–Trinajstić information content (AvgIpc) is 2.96.